The van der Waals surface area contributed by atoms with E-state index < -0.39 is 11.6 Å². The molecule has 2 N–H and O–H groups in total. The topological polar surface area (TPSA) is 39.7 Å². The van der Waals surface area contributed by atoms with Crippen molar-refractivity contribution in [1.29, 1.82) is 0 Å². The van der Waals surface area contributed by atoms with E-state index in [9.17, 15) is 8.78 Å². The van der Waals surface area contributed by atoms with E-state index in [0.717, 1.165) is 51.0 Å². The van der Waals surface area contributed by atoms with Gasteiger partial charge >= 0.3 is 0 Å². The van der Waals surface area contributed by atoms with E-state index in [0.29, 0.717) is 30.5 Å². The van der Waals surface area contributed by atoms with Crippen molar-refractivity contribution in [3.05, 3.63) is 35.4 Å². The van der Waals surface area contributed by atoms with Gasteiger partial charge in [-0.2, -0.15) is 0 Å². The van der Waals surface area contributed by atoms with Gasteiger partial charge in [0, 0.05) is 38.8 Å². The maximum Gasteiger partial charge on any atom is 0.191 e. The fourth-order valence-electron chi connectivity index (χ4n) is 3.32. The van der Waals surface area contributed by atoms with E-state index in [4.69, 9.17) is 0 Å². The third-order valence-electron chi connectivity index (χ3n) is 4.58. The third kappa shape index (κ3) is 8.29. The van der Waals surface area contributed by atoms with E-state index in [1.807, 2.05) is 6.92 Å². The standard InChI is InChI=1S/C20H32F2N4.HI/c1-4-23-20(24-11-8-16-6-5-7-18(21)19(16)22)25-17-9-12-26(13-10-17)14-15(2)3;/h5-7,15,17H,4,8-14H2,1-3H3,(H2,23,24,25);1H. The molecule has 1 aliphatic rings. The Morgan fingerprint density at radius 2 is 1.96 bits per heavy atom. The van der Waals surface area contributed by atoms with Gasteiger partial charge in [0.2, 0.25) is 0 Å². The van der Waals surface area contributed by atoms with Crippen LogP contribution in [0.5, 0.6) is 0 Å². The second-order valence-electron chi connectivity index (χ2n) is 7.34. The maximum atomic E-state index is 13.7. The molecule has 0 spiro atoms. The van der Waals surface area contributed by atoms with Gasteiger partial charge in [0.05, 0.1) is 0 Å². The smallest absolute Gasteiger partial charge is 0.191 e. The van der Waals surface area contributed by atoms with E-state index in [1.54, 1.807) is 6.07 Å². The van der Waals surface area contributed by atoms with Gasteiger partial charge in [0.25, 0.3) is 0 Å². The third-order valence-corrected chi connectivity index (χ3v) is 4.58. The molecule has 4 nitrogen and oxygen atoms in total. The zero-order valence-corrected chi connectivity index (χ0v) is 18.9. The highest BCUT2D eigenvalue weighted by Gasteiger charge is 2.20. The molecule has 0 aromatic heterocycles. The highest BCUT2D eigenvalue weighted by molar-refractivity contribution is 14.0. The monoisotopic (exact) mass is 494 g/mol. The molecule has 1 aliphatic heterocycles. The Morgan fingerprint density at radius 1 is 1.26 bits per heavy atom. The second-order valence-corrected chi connectivity index (χ2v) is 7.34. The van der Waals surface area contributed by atoms with Crippen LogP contribution in [0.4, 0.5) is 8.78 Å². The number of piperidine rings is 1. The molecule has 7 heteroatoms. The van der Waals surface area contributed by atoms with Crippen LogP contribution < -0.4 is 10.6 Å². The summed E-state index contributed by atoms with van der Waals surface area (Å²) in [5.74, 6) is -0.115. The summed E-state index contributed by atoms with van der Waals surface area (Å²) in [6.07, 6.45) is 2.57. The average Bonchev–Trinajstić information content (AvgIpc) is 2.60. The van der Waals surface area contributed by atoms with E-state index in [2.05, 4.69) is 34.4 Å². The number of aliphatic imine (C=N–C) groups is 1. The summed E-state index contributed by atoms with van der Waals surface area (Å²) < 4.78 is 27.0. The first-order valence-electron chi connectivity index (χ1n) is 9.69. The number of hydrogen-bond donors (Lipinski definition) is 2. The number of hydrogen-bond acceptors (Lipinski definition) is 2. The molecule has 1 saturated heterocycles. The maximum absolute atomic E-state index is 13.7. The number of rotatable bonds is 7. The summed E-state index contributed by atoms with van der Waals surface area (Å²) >= 11 is 0. The van der Waals surface area contributed by atoms with Crippen molar-refractivity contribution in [2.75, 3.05) is 32.7 Å². The van der Waals surface area contributed by atoms with Crippen molar-refractivity contribution in [2.24, 2.45) is 10.9 Å². The van der Waals surface area contributed by atoms with E-state index >= 15 is 0 Å². The lowest BCUT2D eigenvalue weighted by atomic mass is 10.0. The van der Waals surface area contributed by atoms with Gasteiger partial charge in [0.1, 0.15) is 0 Å². The number of nitrogens with one attached hydrogen (secondary N) is 2. The Morgan fingerprint density at radius 3 is 2.59 bits per heavy atom. The van der Waals surface area contributed by atoms with Crippen LogP contribution in [0.25, 0.3) is 0 Å². The van der Waals surface area contributed by atoms with E-state index in [-0.39, 0.29) is 24.0 Å². The average molecular weight is 494 g/mol. The quantitative estimate of drug-likeness (QED) is 0.344. The first-order chi connectivity index (χ1) is 12.5. The number of guanidine groups is 1. The Kier molecular flexibility index (Phi) is 11.1. The first kappa shape index (κ1) is 24.1. The summed E-state index contributed by atoms with van der Waals surface area (Å²) in [6.45, 7) is 11.1. The van der Waals surface area contributed by atoms with Crippen LogP contribution in [0.15, 0.2) is 23.2 Å². The predicted molar refractivity (Wildman–Crippen MR) is 119 cm³/mol. The van der Waals surface area contributed by atoms with E-state index in [1.165, 1.54) is 6.07 Å². The number of likely N-dealkylation sites (tertiary alicyclic amines) is 1. The van der Waals surface area contributed by atoms with Crippen molar-refractivity contribution in [2.45, 2.75) is 46.1 Å². The largest absolute Gasteiger partial charge is 0.357 e. The summed E-state index contributed by atoms with van der Waals surface area (Å²) in [5.41, 5.74) is 0.367. The molecule has 1 aromatic rings. The molecule has 1 heterocycles. The zero-order chi connectivity index (χ0) is 18.9. The molecule has 1 aromatic carbocycles. The minimum absolute atomic E-state index is 0. The van der Waals surface area contributed by atoms with Gasteiger partial charge in [-0.25, -0.2) is 8.78 Å². The lowest BCUT2D eigenvalue weighted by Gasteiger charge is -2.34. The summed E-state index contributed by atoms with van der Waals surface area (Å²) in [5, 5.41) is 6.73. The van der Waals surface area contributed by atoms with Crippen molar-refractivity contribution in [1.82, 2.24) is 15.5 Å². The molecule has 154 valence electrons. The molecule has 1 fully saturated rings. The lowest BCUT2D eigenvalue weighted by Crippen LogP contribution is -2.49. The molecule has 0 saturated carbocycles. The number of benzene rings is 1. The number of nitrogens with zero attached hydrogens (tertiary/aromatic N) is 2. The predicted octanol–water partition coefficient (Wildman–Crippen LogP) is 3.80. The van der Waals surface area contributed by atoms with Crippen LogP contribution in [-0.2, 0) is 6.42 Å². The molecule has 0 atom stereocenters. The molecule has 0 aliphatic carbocycles. The van der Waals surface area contributed by atoms with Crippen molar-refractivity contribution >= 4 is 29.9 Å². The Bertz CT molecular complexity index is 587. The Balaban J connectivity index is 0.00000364. The van der Waals surface area contributed by atoms with Gasteiger partial charge in [-0.05, 0) is 43.7 Å². The zero-order valence-electron chi connectivity index (χ0n) is 16.6. The second kappa shape index (κ2) is 12.5. The minimum atomic E-state index is -0.801. The van der Waals surface area contributed by atoms with Crippen LogP contribution in [0, 0.1) is 17.6 Å². The fraction of sp³-hybridized carbons (Fsp3) is 0.650. The van der Waals surface area contributed by atoms with Crippen LogP contribution >= 0.6 is 24.0 Å². The van der Waals surface area contributed by atoms with Crippen molar-refractivity contribution < 1.29 is 8.78 Å². The van der Waals surface area contributed by atoms with Gasteiger partial charge in [-0.1, -0.05) is 26.0 Å². The van der Waals surface area contributed by atoms with Gasteiger partial charge in [-0.15, -0.1) is 24.0 Å². The van der Waals surface area contributed by atoms with Crippen LogP contribution in [0.1, 0.15) is 39.2 Å². The van der Waals surface area contributed by atoms with Gasteiger partial charge in [0.15, 0.2) is 17.6 Å². The van der Waals surface area contributed by atoms with Crippen molar-refractivity contribution in [3.63, 3.8) is 0 Å². The molecule has 27 heavy (non-hydrogen) atoms. The van der Waals surface area contributed by atoms with Crippen LogP contribution in [0.2, 0.25) is 0 Å². The molecule has 0 unspecified atom stereocenters. The van der Waals surface area contributed by atoms with Crippen molar-refractivity contribution in [3.8, 4) is 0 Å². The van der Waals surface area contributed by atoms with Crippen LogP contribution in [0.3, 0.4) is 0 Å². The Labute approximate surface area is 179 Å². The number of halogens is 3. The molecular formula is C20H33F2IN4. The summed E-state index contributed by atoms with van der Waals surface area (Å²) in [6, 6.07) is 4.69. The van der Waals surface area contributed by atoms with Crippen LogP contribution in [-0.4, -0.2) is 49.6 Å². The fourth-order valence-corrected chi connectivity index (χ4v) is 3.32. The molecule has 2 rings (SSSR count). The molecule has 0 radical (unpaired) electrons. The highest BCUT2D eigenvalue weighted by atomic mass is 127. The van der Waals surface area contributed by atoms with Gasteiger partial charge < -0.3 is 15.5 Å². The SMILES string of the molecule is CCNC(=NCCc1cccc(F)c1F)NC1CCN(CC(C)C)CC1.I. The molecule has 0 amide bonds. The highest BCUT2D eigenvalue weighted by Crippen LogP contribution is 2.13. The summed E-state index contributed by atoms with van der Waals surface area (Å²) in [4.78, 5) is 7.05. The molecule has 0 bridgehead atoms. The Hall–Kier alpha value is -0.960. The lowest BCUT2D eigenvalue weighted by molar-refractivity contribution is 0.187. The molecular weight excluding hydrogens is 461 g/mol. The minimum Gasteiger partial charge on any atom is -0.357 e. The van der Waals surface area contributed by atoms with Gasteiger partial charge in [-0.3, -0.25) is 4.99 Å². The first-order valence-corrected chi connectivity index (χ1v) is 9.69. The summed E-state index contributed by atoms with van der Waals surface area (Å²) in [7, 11) is 0. The normalized spacial score (nSPS) is 16.3.